The van der Waals surface area contributed by atoms with Gasteiger partial charge in [0.15, 0.2) is 0 Å². The van der Waals surface area contributed by atoms with Crippen LogP contribution in [0.2, 0.25) is 0 Å². The normalized spacial score (nSPS) is 18.5. The lowest BCUT2D eigenvalue weighted by molar-refractivity contribution is -0.135. The molecule has 0 spiro atoms. The molecule has 1 aliphatic rings. The van der Waals surface area contributed by atoms with Crippen molar-refractivity contribution in [3.8, 4) is 0 Å². The maximum absolute atomic E-state index is 12.3. The lowest BCUT2D eigenvalue weighted by atomic mass is 9.95. The van der Waals surface area contributed by atoms with Crippen LogP contribution in [-0.4, -0.2) is 42.4 Å². The van der Waals surface area contributed by atoms with E-state index in [1.165, 1.54) is 11.1 Å². The molecule has 1 aromatic carbocycles. The highest BCUT2D eigenvalue weighted by molar-refractivity contribution is 5.89. The first-order chi connectivity index (χ1) is 10.0. The van der Waals surface area contributed by atoms with Crippen molar-refractivity contribution in [1.29, 1.82) is 0 Å². The number of hydrogen-bond donors (Lipinski definition) is 2. The van der Waals surface area contributed by atoms with Gasteiger partial charge in [0.1, 0.15) is 6.04 Å². The maximum atomic E-state index is 12.3. The first-order valence-corrected chi connectivity index (χ1v) is 7.38. The number of carbonyl (C=O) groups is 2. The van der Waals surface area contributed by atoms with Crippen LogP contribution in [0.15, 0.2) is 24.3 Å². The van der Waals surface area contributed by atoms with Crippen molar-refractivity contribution in [1.82, 2.24) is 15.5 Å². The molecule has 0 bridgehead atoms. The van der Waals surface area contributed by atoms with Gasteiger partial charge in [0.05, 0.1) is 6.04 Å². The van der Waals surface area contributed by atoms with E-state index in [0.29, 0.717) is 19.5 Å². The second-order valence-electron chi connectivity index (χ2n) is 5.49. The van der Waals surface area contributed by atoms with Crippen molar-refractivity contribution in [2.75, 3.05) is 13.6 Å². The first-order valence-electron chi connectivity index (χ1n) is 7.38. The lowest BCUT2D eigenvalue weighted by Crippen LogP contribution is -2.53. The molecule has 0 saturated heterocycles. The Morgan fingerprint density at radius 3 is 2.71 bits per heavy atom. The molecule has 2 atom stereocenters. The van der Waals surface area contributed by atoms with Crippen LogP contribution < -0.4 is 10.6 Å². The Morgan fingerprint density at radius 2 is 2.05 bits per heavy atom. The predicted molar refractivity (Wildman–Crippen MR) is 81.7 cm³/mol. The number of amides is 2. The lowest BCUT2D eigenvalue weighted by Gasteiger charge is -2.27. The van der Waals surface area contributed by atoms with Gasteiger partial charge >= 0.3 is 0 Å². The van der Waals surface area contributed by atoms with Crippen molar-refractivity contribution < 1.29 is 9.59 Å². The van der Waals surface area contributed by atoms with Crippen molar-refractivity contribution in [2.24, 2.45) is 0 Å². The second kappa shape index (κ2) is 6.72. The Bertz CT molecular complexity index is 530. The zero-order chi connectivity index (χ0) is 15.4. The fourth-order valence-corrected chi connectivity index (χ4v) is 2.50. The molecule has 0 fully saturated rings. The third-order valence-electron chi connectivity index (χ3n) is 3.98. The van der Waals surface area contributed by atoms with Gasteiger partial charge in [0.2, 0.25) is 11.8 Å². The number of benzene rings is 1. The summed E-state index contributed by atoms with van der Waals surface area (Å²) in [6, 6.07) is 7.34. The summed E-state index contributed by atoms with van der Waals surface area (Å²) >= 11 is 0. The summed E-state index contributed by atoms with van der Waals surface area (Å²) in [5.74, 6) is -0.183. The molecule has 2 rings (SSSR count). The molecule has 0 aromatic heterocycles. The summed E-state index contributed by atoms with van der Waals surface area (Å²) in [7, 11) is 1.74. The number of likely N-dealkylation sites (N-methyl/N-ethyl adjacent to an activating group) is 1. The number of hydrogen-bond acceptors (Lipinski definition) is 3. The summed E-state index contributed by atoms with van der Waals surface area (Å²) in [5.41, 5.74) is 2.43. The summed E-state index contributed by atoms with van der Waals surface area (Å²) in [5, 5.41) is 6.03. The van der Waals surface area contributed by atoms with Gasteiger partial charge in [0, 0.05) is 20.1 Å². The third-order valence-corrected chi connectivity index (χ3v) is 3.98. The monoisotopic (exact) mass is 289 g/mol. The van der Waals surface area contributed by atoms with E-state index in [1.54, 1.807) is 18.9 Å². The van der Waals surface area contributed by atoms with E-state index in [9.17, 15) is 9.59 Å². The average molecular weight is 289 g/mol. The van der Waals surface area contributed by atoms with Crippen LogP contribution in [0.3, 0.4) is 0 Å². The number of rotatable bonds is 4. The van der Waals surface area contributed by atoms with Gasteiger partial charge in [-0.1, -0.05) is 24.3 Å². The SMILES string of the molecule is CCN(C)C(=O)C(C)NC(=O)[C@H]1Cc2ccccc2CN1. The van der Waals surface area contributed by atoms with Gasteiger partial charge in [-0.2, -0.15) is 0 Å². The van der Waals surface area contributed by atoms with E-state index in [2.05, 4.69) is 22.8 Å². The summed E-state index contributed by atoms with van der Waals surface area (Å²) in [4.78, 5) is 25.9. The number of carbonyl (C=O) groups excluding carboxylic acids is 2. The van der Waals surface area contributed by atoms with Crippen molar-refractivity contribution in [3.63, 3.8) is 0 Å². The maximum Gasteiger partial charge on any atom is 0.244 e. The molecule has 1 aromatic rings. The minimum absolute atomic E-state index is 0.0675. The molecule has 1 unspecified atom stereocenters. The Labute approximate surface area is 125 Å². The smallest absolute Gasteiger partial charge is 0.244 e. The molecular weight excluding hydrogens is 266 g/mol. The van der Waals surface area contributed by atoms with Gasteiger partial charge in [0.25, 0.3) is 0 Å². The number of fused-ring (bicyclic) bond motifs is 1. The van der Waals surface area contributed by atoms with Gasteiger partial charge in [-0.25, -0.2) is 0 Å². The van der Waals surface area contributed by atoms with E-state index in [0.717, 1.165) is 0 Å². The van der Waals surface area contributed by atoms with Gasteiger partial charge in [-0.15, -0.1) is 0 Å². The zero-order valence-corrected chi connectivity index (χ0v) is 12.8. The van der Waals surface area contributed by atoms with Crippen LogP contribution >= 0.6 is 0 Å². The molecule has 21 heavy (non-hydrogen) atoms. The zero-order valence-electron chi connectivity index (χ0n) is 12.8. The molecule has 0 radical (unpaired) electrons. The molecule has 1 heterocycles. The molecule has 5 nitrogen and oxygen atoms in total. The highest BCUT2D eigenvalue weighted by atomic mass is 16.2. The largest absolute Gasteiger partial charge is 0.344 e. The summed E-state index contributed by atoms with van der Waals surface area (Å²) < 4.78 is 0. The number of nitrogens with zero attached hydrogens (tertiary/aromatic N) is 1. The first kappa shape index (κ1) is 15.5. The molecule has 0 aliphatic carbocycles. The molecular formula is C16H23N3O2. The second-order valence-corrected chi connectivity index (χ2v) is 5.49. The Balaban J connectivity index is 1.95. The summed E-state index contributed by atoms with van der Waals surface area (Å²) in [6.07, 6.45) is 0.659. The minimum atomic E-state index is -0.499. The third kappa shape index (κ3) is 3.61. The van der Waals surface area contributed by atoms with Crippen LogP contribution in [0, 0.1) is 0 Å². The van der Waals surface area contributed by atoms with Crippen molar-refractivity contribution >= 4 is 11.8 Å². The predicted octanol–water partition coefficient (Wildman–Crippen LogP) is 0.684. The van der Waals surface area contributed by atoms with E-state index in [-0.39, 0.29) is 17.9 Å². The van der Waals surface area contributed by atoms with Crippen molar-refractivity contribution in [3.05, 3.63) is 35.4 Å². The average Bonchev–Trinajstić information content (AvgIpc) is 2.52. The Morgan fingerprint density at radius 1 is 1.38 bits per heavy atom. The van der Waals surface area contributed by atoms with E-state index in [1.807, 2.05) is 19.1 Å². The molecule has 5 heteroatoms. The van der Waals surface area contributed by atoms with Crippen LogP contribution in [0.1, 0.15) is 25.0 Å². The Kier molecular flexibility index (Phi) is 4.96. The van der Waals surface area contributed by atoms with Crippen LogP contribution in [0.25, 0.3) is 0 Å². The molecule has 114 valence electrons. The Hall–Kier alpha value is -1.88. The van der Waals surface area contributed by atoms with Crippen molar-refractivity contribution in [2.45, 2.75) is 38.9 Å². The molecule has 0 saturated carbocycles. The quantitative estimate of drug-likeness (QED) is 0.857. The van der Waals surface area contributed by atoms with Gasteiger partial charge < -0.3 is 15.5 Å². The fourth-order valence-electron chi connectivity index (χ4n) is 2.50. The highest BCUT2D eigenvalue weighted by Gasteiger charge is 2.26. The highest BCUT2D eigenvalue weighted by Crippen LogP contribution is 2.16. The standard InChI is InChI=1S/C16H23N3O2/c1-4-19(3)16(21)11(2)18-15(20)14-9-12-7-5-6-8-13(12)10-17-14/h5-8,11,14,17H,4,9-10H2,1-3H3,(H,18,20)/t11?,14-/m1/s1. The number of nitrogens with one attached hydrogen (secondary N) is 2. The van der Waals surface area contributed by atoms with Crippen LogP contribution in [-0.2, 0) is 22.6 Å². The fraction of sp³-hybridized carbons (Fsp3) is 0.500. The van der Waals surface area contributed by atoms with Crippen LogP contribution in [0.4, 0.5) is 0 Å². The van der Waals surface area contributed by atoms with Gasteiger partial charge in [-0.3, -0.25) is 9.59 Å². The summed E-state index contributed by atoms with van der Waals surface area (Å²) in [6.45, 7) is 4.95. The minimum Gasteiger partial charge on any atom is -0.344 e. The van der Waals surface area contributed by atoms with E-state index in [4.69, 9.17) is 0 Å². The molecule has 2 N–H and O–H groups in total. The molecule has 1 aliphatic heterocycles. The van der Waals surface area contributed by atoms with Crippen LogP contribution in [0.5, 0.6) is 0 Å². The van der Waals surface area contributed by atoms with Gasteiger partial charge in [-0.05, 0) is 31.4 Å². The topological polar surface area (TPSA) is 61.4 Å². The van der Waals surface area contributed by atoms with E-state index >= 15 is 0 Å². The molecule has 2 amide bonds. The van der Waals surface area contributed by atoms with E-state index < -0.39 is 6.04 Å².